The number of aryl methyl sites for hydroxylation is 1. The molecule has 1 saturated heterocycles. The summed E-state index contributed by atoms with van der Waals surface area (Å²) in [5.41, 5.74) is 1.58. The van der Waals surface area contributed by atoms with Crippen molar-refractivity contribution in [3.8, 4) is 6.01 Å². The summed E-state index contributed by atoms with van der Waals surface area (Å²) < 4.78 is 5.81. The number of pyridine rings is 1. The number of hydrogen-bond acceptors (Lipinski definition) is 5. The summed E-state index contributed by atoms with van der Waals surface area (Å²) in [6, 6.07) is 5.79. The van der Waals surface area contributed by atoms with Gasteiger partial charge in [-0.05, 0) is 24.1 Å². The lowest BCUT2D eigenvalue weighted by molar-refractivity contribution is 0.0573. The van der Waals surface area contributed by atoms with Gasteiger partial charge in [-0.15, -0.1) is 0 Å². The standard InChI is InChI=1S/C17H20N4O2/c1-2-13-11-19-17(20-12-13)23-14-6-9-21(10-7-14)16(22)15-5-3-4-8-18-15/h3-5,8,11-12,14H,2,6-7,9-10H2,1H3. The van der Waals surface area contributed by atoms with Gasteiger partial charge >= 0.3 is 6.01 Å². The van der Waals surface area contributed by atoms with E-state index in [-0.39, 0.29) is 12.0 Å². The molecule has 6 heteroatoms. The summed E-state index contributed by atoms with van der Waals surface area (Å²) in [5, 5.41) is 0. The SMILES string of the molecule is CCc1cnc(OC2CCN(C(=O)c3ccccn3)CC2)nc1. The summed E-state index contributed by atoms with van der Waals surface area (Å²) in [6.45, 7) is 3.38. The van der Waals surface area contributed by atoms with Gasteiger partial charge in [0.15, 0.2) is 0 Å². The predicted octanol–water partition coefficient (Wildman–Crippen LogP) is 2.12. The maximum atomic E-state index is 12.3. The summed E-state index contributed by atoms with van der Waals surface area (Å²) >= 11 is 0. The van der Waals surface area contributed by atoms with Crippen LogP contribution in [-0.2, 0) is 6.42 Å². The van der Waals surface area contributed by atoms with Crippen LogP contribution in [0.1, 0.15) is 35.8 Å². The molecule has 2 aromatic heterocycles. The molecular weight excluding hydrogens is 292 g/mol. The Balaban J connectivity index is 1.53. The third kappa shape index (κ3) is 3.83. The number of carbonyl (C=O) groups is 1. The van der Waals surface area contributed by atoms with E-state index in [0.29, 0.717) is 24.8 Å². The third-order valence-electron chi connectivity index (χ3n) is 3.98. The molecule has 1 aliphatic heterocycles. The molecule has 0 N–H and O–H groups in total. The average Bonchev–Trinajstić information content (AvgIpc) is 2.63. The van der Waals surface area contributed by atoms with E-state index in [1.165, 1.54) is 0 Å². The summed E-state index contributed by atoms with van der Waals surface area (Å²) in [6.07, 6.45) is 7.74. The first-order valence-corrected chi connectivity index (χ1v) is 7.94. The number of piperidine rings is 1. The van der Waals surface area contributed by atoms with Gasteiger partial charge in [-0.3, -0.25) is 9.78 Å². The molecule has 1 aliphatic rings. The fraction of sp³-hybridized carbons (Fsp3) is 0.412. The van der Waals surface area contributed by atoms with Gasteiger partial charge in [0.2, 0.25) is 0 Å². The molecule has 3 rings (SSSR count). The van der Waals surface area contributed by atoms with E-state index in [1.807, 2.05) is 11.0 Å². The lowest BCUT2D eigenvalue weighted by atomic mass is 10.1. The molecular formula is C17H20N4O2. The molecule has 2 aromatic rings. The molecule has 0 radical (unpaired) electrons. The largest absolute Gasteiger partial charge is 0.460 e. The molecule has 0 spiro atoms. The Morgan fingerprint density at radius 2 is 1.96 bits per heavy atom. The predicted molar refractivity (Wildman–Crippen MR) is 85.2 cm³/mol. The number of likely N-dealkylation sites (tertiary alicyclic amines) is 1. The number of ether oxygens (including phenoxy) is 1. The minimum Gasteiger partial charge on any atom is -0.460 e. The van der Waals surface area contributed by atoms with Crippen molar-refractivity contribution in [3.05, 3.63) is 48.0 Å². The highest BCUT2D eigenvalue weighted by atomic mass is 16.5. The first kappa shape index (κ1) is 15.4. The summed E-state index contributed by atoms with van der Waals surface area (Å²) in [4.78, 5) is 26.7. The van der Waals surface area contributed by atoms with E-state index in [1.54, 1.807) is 30.7 Å². The van der Waals surface area contributed by atoms with Crippen LogP contribution in [0.4, 0.5) is 0 Å². The van der Waals surface area contributed by atoms with Gasteiger partial charge in [0.1, 0.15) is 11.8 Å². The highest BCUT2D eigenvalue weighted by Crippen LogP contribution is 2.17. The topological polar surface area (TPSA) is 68.2 Å². The maximum Gasteiger partial charge on any atom is 0.316 e. The van der Waals surface area contributed by atoms with Gasteiger partial charge in [0.05, 0.1) is 0 Å². The van der Waals surface area contributed by atoms with Gasteiger partial charge in [-0.2, -0.15) is 0 Å². The minimum atomic E-state index is -0.0207. The van der Waals surface area contributed by atoms with E-state index in [9.17, 15) is 4.79 Å². The zero-order valence-corrected chi connectivity index (χ0v) is 13.2. The fourth-order valence-electron chi connectivity index (χ4n) is 2.56. The van der Waals surface area contributed by atoms with E-state index in [4.69, 9.17) is 4.74 Å². The van der Waals surface area contributed by atoms with Gasteiger partial charge < -0.3 is 9.64 Å². The summed E-state index contributed by atoms with van der Waals surface area (Å²) in [5.74, 6) is -0.0207. The second kappa shape index (κ2) is 7.17. The van der Waals surface area contributed by atoms with Crippen molar-refractivity contribution in [1.82, 2.24) is 19.9 Å². The molecule has 23 heavy (non-hydrogen) atoms. The summed E-state index contributed by atoms with van der Waals surface area (Å²) in [7, 11) is 0. The lowest BCUT2D eigenvalue weighted by Crippen LogP contribution is -2.42. The lowest BCUT2D eigenvalue weighted by Gasteiger charge is -2.31. The molecule has 0 saturated carbocycles. The monoisotopic (exact) mass is 312 g/mol. The van der Waals surface area contributed by atoms with Crippen LogP contribution in [0.5, 0.6) is 6.01 Å². The second-order valence-electron chi connectivity index (χ2n) is 5.55. The van der Waals surface area contributed by atoms with Crippen LogP contribution >= 0.6 is 0 Å². The minimum absolute atomic E-state index is 0.0207. The van der Waals surface area contributed by atoms with Crippen LogP contribution < -0.4 is 4.74 Å². The normalized spacial score (nSPS) is 15.4. The number of aromatic nitrogens is 3. The molecule has 120 valence electrons. The van der Waals surface area contributed by atoms with Gasteiger partial charge in [0.25, 0.3) is 5.91 Å². The van der Waals surface area contributed by atoms with Crippen molar-refractivity contribution in [3.63, 3.8) is 0 Å². The molecule has 0 unspecified atom stereocenters. The first-order valence-electron chi connectivity index (χ1n) is 7.94. The Labute approximate surface area is 135 Å². The molecule has 6 nitrogen and oxygen atoms in total. The van der Waals surface area contributed by atoms with Crippen LogP contribution in [0.2, 0.25) is 0 Å². The zero-order chi connectivity index (χ0) is 16.1. The van der Waals surface area contributed by atoms with Crippen LogP contribution in [0.25, 0.3) is 0 Å². The Hall–Kier alpha value is -2.50. The third-order valence-corrected chi connectivity index (χ3v) is 3.98. The van der Waals surface area contributed by atoms with E-state index in [0.717, 1.165) is 24.8 Å². The van der Waals surface area contributed by atoms with Crippen LogP contribution in [0.3, 0.4) is 0 Å². The highest BCUT2D eigenvalue weighted by Gasteiger charge is 2.25. The number of nitrogens with zero attached hydrogens (tertiary/aromatic N) is 4. The van der Waals surface area contributed by atoms with Crippen molar-refractivity contribution in [2.45, 2.75) is 32.3 Å². The van der Waals surface area contributed by atoms with Crippen molar-refractivity contribution >= 4 is 5.91 Å². The first-order chi connectivity index (χ1) is 11.3. The molecule has 1 fully saturated rings. The van der Waals surface area contributed by atoms with E-state index >= 15 is 0 Å². The Morgan fingerprint density at radius 3 is 2.57 bits per heavy atom. The van der Waals surface area contributed by atoms with Gasteiger partial charge in [-0.25, -0.2) is 9.97 Å². The smallest absolute Gasteiger partial charge is 0.316 e. The molecule has 0 atom stereocenters. The highest BCUT2D eigenvalue weighted by molar-refractivity contribution is 5.92. The van der Waals surface area contributed by atoms with Crippen molar-refractivity contribution in [2.24, 2.45) is 0 Å². The molecule has 1 amide bonds. The average molecular weight is 312 g/mol. The Kier molecular flexibility index (Phi) is 4.80. The Morgan fingerprint density at radius 1 is 1.22 bits per heavy atom. The Bertz CT molecular complexity index is 637. The van der Waals surface area contributed by atoms with Crippen LogP contribution in [0.15, 0.2) is 36.8 Å². The number of hydrogen-bond donors (Lipinski definition) is 0. The number of rotatable bonds is 4. The molecule has 0 aliphatic carbocycles. The van der Waals surface area contributed by atoms with Crippen LogP contribution in [0, 0.1) is 0 Å². The van der Waals surface area contributed by atoms with Crippen molar-refractivity contribution in [2.75, 3.05) is 13.1 Å². The molecule has 0 aromatic carbocycles. The van der Waals surface area contributed by atoms with Crippen molar-refractivity contribution < 1.29 is 9.53 Å². The quantitative estimate of drug-likeness (QED) is 0.865. The van der Waals surface area contributed by atoms with Crippen molar-refractivity contribution in [1.29, 1.82) is 0 Å². The second-order valence-corrected chi connectivity index (χ2v) is 5.55. The zero-order valence-electron chi connectivity index (χ0n) is 13.2. The van der Waals surface area contributed by atoms with E-state index < -0.39 is 0 Å². The van der Waals surface area contributed by atoms with Crippen LogP contribution in [-0.4, -0.2) is 45.0 Å². The van der Waals surface area contributed by atoms with Gasteiger partial charge in [-0.1, -0.05) is 13.0 Å². The van der Waals surface area contributed by atoms with E-state index in [2.05, 4.69) is 21.9 Å². The maximum absolute atomic E-state index is 12.3. The molecule has 0 bridgehead atoms. The fourth-order valence-corrected chi connectivity index (χ4v) is 2.56. The van der Waals surface area contributed by atoms with Gasteiger partial charge in [0, 0.05) is 44.5 Å². The molecule has 3 heterocycles. The number of amides is 1. The number of carbonyl (C=O) groups excluding carboxylic acids is 1.